The molecule has 0 aliphatic rings. The number of rotatable bonds is 3. The second-order valence-electron chi connectivity index (χ2n) is 2.09. The maximum atomic E-state index is 12.1. The summed E-state index contributed by atoms with van der Waals surface area (Å²) in [6.45, 7) is 3.45. The van der Waals surface area contributed by atoms with E-state index in [9.17, 15) is 8.78 Å². The normalized spacial score (nSPS) is 10.5. The second kappa shape index (κ2) is 3.27. The Labute approximate surface area is 62.9 Å². The Morgan fingerprint density at radius 2 is 2.45 bits per heavy atom. The van der Waals surface area contributed by atoms with E-state index < -0.39 is 6.43 Å². The van der Waals surface area contributed by atoms with Crippen molar-refractivity contribution in [3.05, 3.63) is 30.1 Å². The van der Waals surface area contributed by atoms with Crippen LogP contribution in [-0.4, -0.2) is 10.2 Å². The molecule has 0 spiro atoms. The average molecular weight is 158 g/mol. The first-order valence-corrected chi connectivity index (χ1v) is 3.17. The Bertz CT molecular complexity index is 242. The molecule has 0 atom stereocenters. The summed E-state index contributed by atoms with van der Waals surface area (Å²) >= 11 is 0. The molecule has 0 amide bonds. The van der Waals surface area contributed by atoms with Crippen molar-refractivity contribution in [3.8, 4) is 0 Å². The van der Waals surface area contributed by atoms with Crippen molar-refractivity contribution in [1.29, 1.82) is 0 Å². The number of allylic oxidation sites excluding steroid dienone is 1. The molecular formula is C7H8F2N2. The number of H-pyrrole nitrogens is 1. The molecule has 0 radical (unpaired) electrons. The van der Waals surface area contributed by atoms with Crippen LogP contribution in [0.3, 0.4) is 0 Å². The van der Waals surface area contributed by atoms with Gasteiger partial charge in [-0.25, -0.2) is 8.78 Å². The van der Waals surface area contributed by atoms with Gasteiger partial charge in [-0.05, 0) is 6.42 Å². The molecular weight excluding hydrogens is 150 g/mol. The van der Waals surface area contributed by atoms with E-state index in [0.29, 0.717) is 12.0 Å². The van der Waals surface area contributed by atoms with Crippen LogP contribution in [0.15, 0.2) is 18.9 Å². The van der Waals surface area contributed by atoms with E-state index in [4.69, 9.17) is 0 Å². The van der Waals surface area contributed by atoms with Crippen molar-refractivity contribution in [2.45, 2.75) is 12.8 Å². The number of nitrogens with one attached hydrogen (secondary N) is 1. The number of hydrogen-bond acceptors (Lipinski definition) is 1. The molecule has 1 heterocycles. The number of aromatic nitrogens is 2. The van der Waals surface area contributed by atoms with Crippen LogP contribution in [0.1, 0.15) is 17.7 Å². The van der Waals surface area contributed by atoms with Crippen molar-refractivity contribution in [1.82, 2.24) is 10.2 Å². The lowest BCUT2D eigenvalue weighted by atomic mass is 10.2. The molecule has 0 aliphatic carbocycles. The van der Waals surface area contributed by atoms with Crippen molar-refractivity contribution in [2.24, 2.45) is 0 Å². The van der Waals surface area contributed by atoms with Crippen molar-refractivity contribution < 1.29 is 8.78 Å². The molecule has 1 rings (SSSR count). The molecule has 0 unspecified atom stereocenters. The largest absolute Gasteiger partial charge is 0.285 e. The quantitative estimate of drug-likeness (QED) is 0.670. The molecule has 0 fully saturated rings. The van der Waals surface area contributed by atoms with Gasteiger partial charge < -0.3 is 0 Å². The van der Waals surface area contributed by atoms with Gasteiger partial charge in [0.25, 0.3) is 6.43 Å². The molecule has 1 aromatic heterocycles. The minimum absolute atomic E-state index is 0.176. The van der Waals surface area contributed by atoms with Crippen LogP contribution >= 0.6 is 0 Å². The molecule has 4 heteroatoms. The van der Waals surface area contributed by atoms with Gasteiger partial charge in [0.2, 0.25) is 0 Å². The van der Waals surface area contributed by atoms with Crippen LogP contribution in [0.25, 0.3) is 0 Å². The van der Waals surface area contributed by atoms with Crippen molar-refractivity contribution in [3.63, 3.8) is 0 Å². The standard InChI is InChI=1S/C7H8F2N2/c1-2-3-5-4-10-11-6(5)7(8)9/h2,4,7H,1,3H2,(H,10,11). The summed E-state index contributed by atoms with van der Waals surface area (Å²) in [4.78, 5) is 0. The third-order valence-electron chi connectivity index (χ3n) is 1.32. The molecule has 2 nitrogen and oxygen atoms in total. The topological polar surface area (TPSA) is 28.7 Å². The van der Waals surface area contributed by atoms with Gasteiger partial charge in [-0.1, -0.05) is 6.08 Å². The molecule has 0 aliphatic heterocycles. The zero-order valence-corrected chi connectivity index (χ0v) is 5.85. The van der Waals surface area contributed by atoms with Gasteiger partial charge in [-0.15, -0.1) is 6.58 Å². The van der Waals surface area contributed by atoms with E-state index in [2.05, 4.69) is 16.8 Å². The number of alkyl halides is 2. The summed E-state index contributed by atoms with van der Waals surface area (Å²) in [6, 6.07) is 0. The predicted molar refractivity (Wildman–Crippen MR) is 37.4 cm³/mol. The molecule has 11 heavy (non-hydrogen) atoms. The first-order chi connectivity index (χ1) is 5.25. The number of halogens is 2. The summed E-state index contributed by atoms with van der Waals surface area (Å²) in [5, 5.41) is 5.80. The fourth-order valence-electron chi connectivity index (χ4n) is 0.833. The summed E-state index contributed by atoms with van der Waals surface area (Å²) in [7, 11) is 0. The maximum absolute atomic E-state index is 12.1. The van der Waals surface area contributed by atoms with Crippen LogP contribution in [0, 0.1) is 0 Å². The van der Waals surface area contributed by atoms with Crippen molar-refractivity contribution in [2.75, 3.05) is 0 Å². The third-order valence-corrected chi connectivity index (χ3v) is 1.32. The molecule has 0 saturated heterocycles. The van der Waals surface area contributed by atoms with E-state index in [1.807, 2.05) is 0 Å². The molecule has 1 N–H and O–H groups in total. The Balaban J connectivity index is 2.86. The lowest BCUT2D eigenvalue weighted by Crippen LogP contribution is -1.90. The van der Waals surface area contributed by atoms with Crippen LogP contribution < -0.4 is 0 Å². The Morgan fingerprint density at radius 3 is 3.00 bits per heavy atom. The molecule has 0 aromatic carbocycles. The van der Waals surface area contributed by atoms with E-state index >= 15 is 0 Å². The average Bonchev–Trinajstić information content (AvgIpc) is 2.36. The van der Waals surface area contributed by atoms with Gasteiger partial charge in [0, 0.05) is 11.8 Å². The Kier molecular flexibility index (Phi) is 2.36. The van der Waals surface area contributed by atoms with E-state index in [1.165, 1.54) is 6.20 Å². The lowest BCUT2D eigenvalue weighted by molar-refractivity contribution is 0.145. The summed E-state index contributed by atoms with van der Waals surface area (Å²) in [6.07, 6.45) is 0.951. The zero-order valence-electron chi connectivity index (χ0n) is 5.85. The number of nitrogens with zero attached hydrogens (tertiary/aromatic N) is 1. The molecule has 60 valence electrons. The monoisotopic (exact) mass is 158 g/mol. The third kappa shape index (κ3) is 1.63. The summed E-state index contributed by atoms with van der Waals surface area (Å²) in [5.74, 6) is 0. The minimum Gasteiger partial charge on any atom is -0.285 e. The van der Waals surface area contributed by atoms with Gasteiger partial charge in [-0.2, -0.15) is 5.10 Å². The highest BCUT2D eigenvalue weighted by molar-refractivity contribution is 5.19. The highest BCUT2D eigenvalue weighted by atomic mass is 19.3. The maximum Gasteiger partial charge on any atom is 0.282 e. The van der Waals surface area contributed by atoms with Crippen LogP contribution in [0.4, 0.5) is 8.78 Å². The SMILES string of the molecule is C=CCc1c[nH]nc1C(F)F. The van der Waals surface area contributed by atoms with E-state index in [-0.39, 0.29) is 5.69 Å². The van der Waals surface area contributed by atoms with Gasteiger partial charge in [0.1, 0.15) is 5.69 Å². The van der Waals surface area contributed by atoms with E-state index in [0.717, 1.165) is 0 Å². The second-order valence-corrected chi connectivity index (χ2v) is 2.09. The fourth-order valence-corrected chi connectivity index (χ4v) is 0.833. The van der Waals surface area contributed by atoms with Crippen molar-refractivity contribution >= 4 is 0 Å². The zero-order chi connectivity index (χ0) is 8.27. The fraction of sp³-hybridized carbons (Fsp3) is 0.286. The molecule has 1 aromatic rings. The predicted octanol–water partition coefficient (Wildman–Crippen LogP) is 2.08. The Morgan fingerprint density at radius 1 is 1.73 bits per heavy atom. The Hall–Kier alpha value is -1.19. The molecule has 0 bridgehead atoms. The minimum atomic E-state index is -2.50. The van der Waals surface area contributed by atoms with Gasteiger partial charge in [0.15, 0.2) is 0 Å². The first-order valence-electron chi connectivity index (χ1n) is 3.17. The smallest absolute Gasteiger partial charge is 0.282 e. The first kappa shape index (κ1) is 7.91. The highest BCUT2D eigenvalue weighted by Crippen LogP contribution is 2.20. The summed E-state index contributed by atoms with van der Waals surface area (Å²) in [5.41, 5.74) is 0.333. The lowest BCUT2D eigenvalue weighted by Gasteiger charge is -1.95. The van der Waals surface area contributed by atoms with Gasteiger partial charge >= 0.3 is 0 Å². The van der Waals surface area contributed by atoms with Crippen LogP contribution in [0.5, 0.6) is 0 Å². The number of hydrogen-bond donors (Lipinski definition) is 1. The molecule has 0 saturated carbocycles. The van der Waals surface area contributed by atoms with Gasteiger partial charge in [0.05, 0.1) is 0 Å². The summed E-state index contributed by atoms with van der Waals surface area (Å²) < 4.78 is 24.1. The number of aromatic amines is 1. The van der Waals surface area contributed by atoms with Gasteiger partial charge in [-0.3, -0.25) is 5.10 Å². The van der Waals surface area contributed by atoms with Crippen LogP contribution in [0.2, 0.25) is 0 Å². The highest BCUT2D eigenvalue weighted by Gasteiger charge is 2.14. The van der Waals surface area contributed by atoms with E-state index in [1.54, 1.807) is 6.08 Å². The van der Waals surface area contributed by atoms with Crippen LogP contribution in [-0.2, 0) is 6.42 Å².